The molecule has 0 aliphatic heterocycles. The Bertz CT molecular complexity index is 268. The Morgan fingerprint density at radius 1 is 0.696 bits per heavy atom. The first kappa shape index (κ1) is 22.4. The number of hydrogen-bond acceptors (Lipinski definition) is 3. The second-order valence-corrected chi connectivity index (χ2v) is 6.79. The smallest absolute Gasteiger partial charge is 0.303 e. The summed E-state index contributed by atoms with van der Waals surface area (Å²) in [4.78, 5) is 10.4. The van der Waals surface area contributed by atoms with Crippen molar-refractivity contribution in [1.82, 2.24) is 0 Å². The van der Waals surface area contributed by atoms with Crippen molar-refractivity contribution in [1.29, 1.82) is 0 Å². The van der Waals surface area contributed by atoms with E-state index < -0.39 is 5.97 Å². The van der Waals surface area contributed by atoms with Gasteiger partial charge in [0.2, 0.25) is 0 Å². The van der Waals surface area contributed by atoms with Crippen LogP contribution in [0.1, 0.15) is 103 Å². The average molecular weight is 331 g/mol. The number of carboxylic acid groups (broad SMARTS) is 1. The fourth-order valence-electron chi connectivity index (χ4n) is 2.83. The van der Waals surface area contributed by atoms with Gasteiger partial charge in [-0.3, -0.25) is 4.79 Å². The standard InChI is InChI=1S/C19H38O4/c1-2-3-12-17(20)15-16-18(21)13-10-8-6-4-5-7-9-11-14-19(22)23/h17-18,20-21H,2-16H2,1H3,(H,22,23). The van der Waals surface area contributed by atoms with Crippen LogP contribution in [0.25, 0.3) is 0 Å². The molecule has 0 radical (unpaired) electrons. The minimum Gasteiger partial charge on any atom is -0.481 e. The number of unbranched alkanes of at least 4 members (excludes halogenated alkanes) is 8. The predicted molar refractivity (Wildman–Crippen MR) is 94.6 cm³/mol. The molecule has 138 valence electrons. The largest absolute Gasteiger partial charge is 0.481 e. The second kappa shape index (κ2) is 16.3. The Morgan fingerprint density at radius 3 is 1.61 bits per heavy atom. The number of aliphatic hydroxyl groups excluding tert-OH is 2. The molecule has 23 heavy (non-hydrogen) atoms. The van der Waals surface area contributed by atoms with Crippen LogP contribution in [-0.4, -0.2) is 33.5 Å². The van der Waals surface area contributed by atoms with Gasteiger partial charge in [0.25, 0.3) is 0 Å². The highest BCUT2D eigenvalue weighted by molar-refractivity contribution is 5.66. The third-order valence-corrected chi connectivity index (χ3v) is 4.40. The molecule has 0 fully saturated rings. The van der Waals surface area contributed by atoms with Crippen molar-refractivity contribution < 1.29 is 20.1 Å². The second-order valence-electron chi connectivity index (χ2n) is 6.79. The molecule has 0 saturated carbocycles. The Balaban J connectivity index is 3.26. The SMILES string of the molecule is CCCCC(O)CCC(O)CCCCCCCCCCC(=O)O. The van der Waals surface area contributed by atoms with E-state index in [4.69, 9.17) is 5.11 Å². The Hall–Kier alpha value is -0.610. The van der Waals surface area contributed by atoms with Crippen LogP contribution >= 0.6 is 0 Å². The zero-order valence-electron chi connectivity index (χ0n) is 15.0. The summed E-state index contributed by atoms with van der Waals surface area (Å²) in [5.74, 6) is -0.693. The fourth-order valence-corrected chi connectivity index (χ4v) is 2.83. The highest BCUT2D eigenvalue weighted by atomic mass is 16.4. The molecule has 0 aromatic rings. The van der Waals surface area contributed by atoms with Gasteiger partial charge >= 0.3 is 5.97 Å². The van der Waals surface area contributed by atoms with Gasteiger partial charge in [0.1, 0.15) is 0 Å². The monoisotopic (exact) mass is 330 g/mol. The van der Waals surface area contributed by atoms with E-state index >= 15 is 0 Å². The fraction of sp³-hybridized carbons (Fsp3) is 0.947. The van der Waals surface area contributed by atoms with E-state index in [1.54, 1.807) is 0 Å². The van der Waals surface area contributed by atoms with Crippen molar-refractivity contribution in [2.75, 3.05) is 0 Å². The Morgan fingerprint density at radius 2 is 1.13 bits per heavy atom. The molecule has 0 aliphatic rings. The highest BCUT2D eigenvalue weighted by Crippen LogP contribution is 2.15. The molecule has 0 aromatic carbocycles. The lowest BCUT2D eigenvalue weighted by molar-refractivity contribution is -0.137. The molecular formula is C19H38O4. The minimum absolute atomic E-state index is 0.245. The third-order valence-electron chi connectivity index (χ3n) is 4.40. The van der Waals surface area contributed by atoms with E-state index in [2.05, 4.69) is 6.92 Å². The molecule has 4 heteroatoms. The van der Waals surface area contributed by atoms with Crippen LogP contribution in [0.3, 0.4) is 0 Å². The maximum atomic E-state index is 10.4. The molecular weight excluding hydrogens is 292 g/mol. The van der Waals surface area contributed by atoms with Crippen molar-refractivity contribution in [2.24, 2.45) is 0 Å². The summed E-state index contributed by atoms with van der Waals surface area (Å²) in [6.45, 7) is 2.12. The van der Waals surface area contributed by atoms with Crippen molar-refractivity contribution >= 4 is 5.97 Å². The number of rotatable bonds is 17. The van der Waals surface area contributed by atoms with Crippen LogP contribution in [0.15, 0.2) is 0 Å². The first-order chi connectivity index (χ1) is 11.1. The quantitative estimate of drug-likeness (QED) is 0.339. The van der Waals surface area contributed by atoms with Gasteiger partial charge in [-0.25, -0.2) is 0 Å². The van der Waals surface area contributed by atoms with Crippen LogP contribution < -0.4 is 0 Å². The molecule has 4 nitrogen and oxygen atoms in total. The van der Waals surface area contributed by atoms with E-state index in [0.717, 1.165) is 64.2 Å². The zero-order valence-corrected chi connectivity index (χ0v) is 15.0. The minimum atomic E-state index is -0.693. The zero-order chi connectivity index (χ0) is 17.3. The summed E-state index contributed by atoms with van der Waals surface area (Å²) >= 11 is 0. The number of hydrogen-bond donors (Lipinski definition) is 3. The molecule has 0 aliphatic carbocycles. The summed E-state index contributed by atoms with van der Waals surface area (Å²) in [7, 11) is 0. The van der Waals surface area contributed by atoms with Gasteiger partial charge in [-0.15, -0.1) is 0 Å². The van der Waals surface area contributed by atoms with Gasteiger partial charge in [0.05, 0.1) is 12.2 Å². The molecule has 0 amide bonds. The summed E-state index contributed by atoms with van der Waals surface area (Å²) < 4.78 is 0. The van der Waals surface area contributed by atoms with E-state index in [0.29, 0.717) is 12.8 Å². The lowest BCUT2D eigenvalue weighted by Crippen LogP contribution is -2.13. The summed E-state index contributed by atoms with van der Waals surface area (Å²) in [6.07, 6.45) is 13.9. The molecule has 0 heterocycles. The number of carbonyl (C=O) groups is 1. The van der Waals surface area contributed by atoms with E-state index in [-0.39, 0.29) is 12.2 Å². The van der Waals surface area contributed by atoms with Gasteiger partial charge in [0, 0.05) is 6.42 Å². The first-order valence-electron chi connectivity index (χ1n) is 9.64. The van der Waals surface area contributed by atoms with Gasteiger partial charge in [0.15, 0.2) is 0 Å². The van der Waals surface area contributed by atoms with Gasteiger partial charge in [-0.2, -0.15) is 0 Å². The summed E-state index contributed by atoms with van der Waals surface area (Å²) in [5, 5.41) is 28.2. The molecule has 0 aromatic heterocycles. The maximum absolute atomic E-state index is 10.4. The van der Waals surface area contributed by atoms with Crippen molar-refractivity contribution in [3.8, 4) is 0 Å². The number of aliphatic carboxylic acids is 1. The van der Waals surface area contributed by atoms with Crippen molar-refractivity contribution in [2.45, 2.75) is 115 Å². The molecule has 2 unspecified atom stereocenters. The van der Waals surface area contributed by atoms with Gasteiger partial charge in [-0.1, -0.05) is 64.7 Å². The average Bonchev–Trinajstić information content (AvgIpc) is 2.52. The summed E-state index contributed by atoms with van der Waals surface area (Å²) in [6, 6.07) is 0. The van der Waals surface area contributed by atoms with Crippen LogP contribution in [0, 0.1) is 0 Å². The number of carboxylic acids is 1. The van der Waals surface area contributed by atoms with Crippen LogP contribution in [0.2, 0.25) is 0 Å². The molecule has 0 saturated heterocycles. The lowest BCUT2D eigenvalue weighted by Gasteiger charge is -2.14. The van der Waals surface area contributed by atoms with Crippen LogP contribution in [0.4, 0.5) is 0 Å². The molecule has 2 atom stereocenters. The summed E-state index contributed by atoms with van der Waals surface area (Å²) in [5.41, 5.74) is 0. The normalized spacial score (nSPS) is 13.9. The van der Waals surface area contributed by atoms with Crippen LogP contribution in [0.5, 0.6) is 0 Å². The first-order valence-corrected chi connectivity index (χ1v) is 9.64. The van der Waals surface area contributed by atoms with Crippen LogP contribution in [-0.2, 0) is 4.79 Å². The topological polar surface area (TPSA) is 77.8 Å². The molecule has 3 N–H and O–H groups in total. The van der Waals surface area contributed by atoms with Gasteiger partial charge < -0.3 is 15.3 Å². The van der Waals surface area contributed by atoms with E-state index in [1.807, 2.05) is 0 Å². The van der Waals surface area contributed by atoms with E-state index in [1.165, 1.54) is 19.3 Å². The van der Waals surface area contributed by atoms with E-state index in [9.17, 15) is 15.0 Å². The Labute approximate surface area is 142 Å². The number of aliphatic hydroxyl groups is 2. The molecule has 0 bridgehead atoms. The third kappa shape index (κ3) is 17.6. The lowest BCUT2D eigenvalue weighted by atomic mass is 10.0. The highest BCUT2D eigenvalue weighted by Gasteiger charge is 2.08. The van der Waals surface area contributed by atoms with Crippen molar-refractivity contribution in [3.63, 3.8) is 0 Å². The molecule has 0 spiro atoms. The maximum Gasteiger partial charge on any atom is 0.303 e. The molecule has 0 rings (SSSR count). The Kier molecular flexibility index (Phi) is 15.8. The van der Waals surface area contributed by atoms with Gasteiger partial charge in [-0.05, 0) is 32.1 Å². The van der Waals surface area contributed by atoms with Crippen molar-refractivity contribution in [3.05, 3.63) is 0 Å². The predicted octanol–water partition coefficient (Wildman–Crippen LogP) is 4.66.